The first-order chi connectivity index (χ1) is 16.5. The highest BCUT2D eigenvalue weighted by Gasteiger charge is 2.18. The van der Waals surface area contributed by atoms with Gasteiger partial charge in [-0.25, -0.2) is 15.2 Å². The second-order valence-electron chi connectivity index (χ2n) is 8.19. The normalized spacial score (nSPS) is 11.8. The Hall–Kier alpha value is -3.00. The standard InChI is InChI=1S/C27H32N2O4S/c1-2-3-5-12-24(30)20-13-15-22(16-14-20)29(26(31)21-9-6-4-7-10-21)28-19-8-11-23-17-18-25(34-23)27(32)33/h4,6-7,9-10,13-18,24,28,30H,2-3,5,8,11-12,19H2,1H3,(H,32,33). The Bertz CT molecular complexity index is 1050. The van der Waals surface area contributed by atoms with Crippen LogP contribution in [-0.4, -0.2) is 28.6 Å². The highest BCUT2D eigenvalue weighted by Crippen LogP contribution is 2.24. The first-order valence-corrected chi connectivity index (χ1v) is 12.5. The molecule has 6 nitrogen and oxygen atoms in total. The Morgan fingerprint density at radius 1 is 0.971 bits per heavy atom. The van der Waals surface area contributed by atoms with Crippen molar-refractivity contribution in [3.8, 4) is 0 Å². The molecule has 180 valence electrons. The third kappa shape index (κ3) is 7.25. The summed E-state index contributed by atoms with van der Waals surface area (Å²) in [5.74, 6) is -1.07. The van der Waals surface area contributed by atoms with E-state index >= 15 is 0 Å². The van der Waals surface area contributed by atoms with Crippen molar-refractivity contribution in [3.63, 3.8) is 0 Å². The number of carbonyl (C=O) groups is 2. The molecule has 1 aromatic heterocycles. The van der Waals surface area contributed by atoms with Crippen molar-refractivity contribution in [2.24, 2.45) is 0 Å². The third-order valence-electron chi connectivity index (χ3n) is 5.58. The lowest BCUT2D eigenvalue weighted by atomic mass is 10.0. The van der Waals surface area contributed by atoms with Crippen molar-refractivity contribution >= 4 is 28.9 Å². The van der Waals surface area contributed by atoms with E-state index < -0.39 is 12.1 Å². The lowest BCUT2D eigenvalue weighted by molar-refractivity contribution is 0.0702. The molecule has 7 heteroatoms. The SMILES string of the molecule is CCCCCC(O)c1ccc(N(NCCCc2ccc(C(=O)O)s2)C(=O)c2ccccc2)cc1. The van der Waals surface area contributed by atoms with Crippen LogP contribution >= 0.6 is 11.3 Å². The second kappa shape index (κ2) is 13.0. The summed E-state index contributed by atoms with van der Waals surface area (Å²) in [5.41, 5.74) is 5.35. The van der Waals surface area contributed by atoms with Gasteiger partial charge in [0.1, 0.15) is 4.88 Å². The van der Waals surface area contributed by atoms with Crippen LogP contribution in [0, 0.1) is 0 Å². The number of carbonyl (C=O) groups excluding carboxylic acids is 1. The fourth-order valence-corrected chi connectivity index (χ4v) is 4.56. The molecular weight excluding hydrogens is 448 g/mol. The van der Waals surface area contributed by atoms with Crippen LogP contribution in [0.15, 0.2) is 66.7 Å². The van der Waals surface area contributed by atoms with Crippen molar-refractivity contribution < 1.29 is 19.8 Å². The number of aliphatic hydroxyl groups is 1. The number of aromatic carboxylic acids is 1. The smallest absolute Gasteiger partial charge is 0.345 e. The van der Waals surface area contributed by atoms with E-state index in [-0.39, 0.29) is 5.91 Å². The zero-order chi connectivity index (χ0) is 24.3. The van der Waals surface area contributed by atoms with Crippen LogP contribution in [0.5, 0.6) is 0 Å². The molecule has 1 unspecified atom stereocenters. The van der Waals surface area contributed by atoms with Gasteiger partial charge in [-0.3, -0.25) is 4.79 Å². The minimum Gasteiger partial charge on any atom is -0.477 e. The van der Waals surface area contributed by atoms with Crippen LogP contribution in [0.25, 0.3) is 0 Å². The summed E-state index contributed by atoms with van der Waals surface area (Å²) in [5, 5.41) is 21.1. The Labute approximate surface area is 204 Å². The Balaban J connectivity index is 1.67. The first kappa shape index (κ1) is 25.6. The zero-order valence-electron chi connectivity index (χ0n) is 19.4. The Kier molecular flexibility index (Phi) is 9.82. The van der Waals surface area contributed by atoms with Crippen molar-refractivity contribution in [2.75, 3.05) is 11.6 Å². The van der Waals surface area contributed by atoms with Gasteiger partial charge in [-0.15, -0.1) is 11.3 Å². The van der Waals surface area contributed by atoms with Gasteiger partial charge in [0.05, 0.1) is 11.8 Å². The van der Waals surface area contributed by atoms with Crippen LogP contribution in [0.3, 0.4) is 0 Å². The molecule has 0 bridgehead atoms. The molecule has 1 heterocycles. The summed E-state index contributed by atoms with van der Waals surface area (Å²) in [6.45, 7) is 2.68. The molecule has 0 fully saturated rings. The summed E-state index contributed by atoms with van der Waals surface area (Å²) in [7, 11) is 0. The van der Waals surface area contributed by atoms with Crippen LogP contribution in [0.4, 0.5) is 5.69 Å². The van der Waals surface area contributed by atoms with Gasteiger partial charge in [0.15, 0.2) is 0 Å². The molecule has 0 saturated heterocycles. The van der Waals surface area contributed by atoms with Crippen LogP contribution in [0.1, 0.15) is 75.6 Å². The topological polar surface area (TPSA) is 89.9 Å². The van der Waals surface area contributed by atoms with E-state index in [1.165, 1.54) is 11.3 Å². The maximum atomic E-state index is 13.2. The van der Waals surface area contributed by atoms with Crippen molar-refractivity contribution in [1.82, 2.24) is 5.43 Å². The second-order valence-corrected chi connectivity index (χ2v) is 9.36. The molecule has 1 amide bonds. The molecule has 1 atom stereocenters. The number of anilines is 1. The van der Waals surface area contributed by atoms with Crippen LogP contribution in [-0.2, 0) is 6.42 Å². The first-order valence-electron chi connectivity index (χ1n) is 11.7. The molecule has 0 radical (unpaired) electrons. The number of hydrazine groups is 1. The molecule has 0 aliphatic carbocycles. The molecule has 0 spiro atoms. The molecule has 0 aliphatic heterocycles. The number of nitrogens with one attached hydrogen (secondary N) is 1. The van der Waals surface area contributed by atoms with Gasteiger partial charge in [0.2, 0.25) is 0 Å². The van der Waals surface area contributed by atoms with Gasteiger partial charge in [0.25, 0.3) is 5.91 Å². The largest absolute Gasteiger partial charge is 0.477 e. The minimum atomic E-state index is -0.909. The summed E-state index contributed by atoms with van der Waals surface area (Å²) < 4.78 is 0. The predicted molar refractivity (Wildman–Crippen MR) is 136 cm³/mol. The average Bonchev–Trinajstić information content (AvgIpc) is 3.34. The van der Waals surface area contributed by atoms with Crippen LogP contribution < -0.4 is 10.4 Å². The molecule has 2 aromatic carbocycles. The fraction of sp³-hybridized carbons (Fsp3) is 0.333. The number of unbranched alkanes of at least 4 members (excludes halogenated alkanes) is 2. The monoisotopic (exact) mass is 480 g/mol. The highest BCUT2D eigenvalue weighted by molar-refractivity contribution is 7.13. The number of aryl methyl sites for hydroxylation is 1. The third-order valence-corrected chi connectivity index (χ3v) is 6.72. The lowest BCUT2D eigenvalue weighted by Crippen LogP contribution is -2.43. The van der Waals surface area contributed by atoms with Gasteiger partial charge < -0.3 is 10.2 Å². The maximum absolute atomic E-state index is 13.2. The number of benzene rings is 2. The average molecular weight is 481 g/mol. The fourth-order valence-electron chi connectivity index (χ4n) is 3.67. The van der Waals surface area contributed by atoms with Gasteiger partial charge in [-0.05, 0) is 61.2 Å². The van der Waals surface area contributed by atoms with E-state index in [0.717, 1.165) is 49.0 Å². The molecular formula is C27H32N2O4S. The van der Waals surface area contributed by atoms with Gasteiger partial charge in [-0.2, -0.15) is 0 Å². The number of carboxylic acids is 1. The van der Waals surface area contributed by atoms with E-state index in [2.05, 4.69) is 12.3 Å². The quantitative estimate of drug-likeness (QED) is 0.211. The number of thiophene rings is 1. The zero-order valence-corrected chi connectivity index (χ0v) is 20.3. The minimum absolute atomic E-state index is 0.166. The van der Waals surface area contributed by atoms with Gasteiger partial charge in [-0.1, -0.05) is 56.5 Å². The molecule has 3 rings (SSSR count). The van der Waals surface area contributed by atoms with E-state index in [4.69, 9.17) is 5.11 Å². The molecule has 0 aliphatic rings. The highest BCUT2D eigenvalue weighted by atomic mass is 32.1. The van der Waals surface area contributed by atoms with Crippen LogP contribution in [0.2, 0.25) is 0 Å². The van der Waals surface area contributed by atoms with Crippen molar-refractivity contribution in [3.05, 3.63) is 87.6 Å². The molecule has 34 heavy (non-hydrogen) atoms. The number of hydrogen-bond donors (Lipinski definition) is 3. The Morgan fingerprint density at radius 2 is 1.71 bits per heavy atom. The predicted octanol–water partition coefficient (Wildman–Crippen LogP) is 5.84. The summed E-state index contributed by atoms with van der Waals surface area (Å²) in [6.07, 6.45) is 4.88. The molecule has 3 aromatic rings. The van der Waals surface area contributed by atoms with E-state index in [0.29, 0.717) is 22.7 Å². The summed E-state index contributed by atoms with van der Waals surface area (Å²) >= 11 is 1.28. The van der Waals surface area contributed by atoms with E-state index in [9.17, 15) is 14.7 Å². The van der Waals surface area contributed by atoms with E-state index in [1.807, 2.05) is 48.5 Å². The van der Waals surface area contributed by atoms with Crippen molar-refractivity contribution in [2.45, 2.75) is 51.6 Å². The van der Waals surface area contributed by atoms with Crippen molar-refractivity contribution in [1.29, 1.82) is 0 Å². The number of amides is 1. The molecule has 0 saturated carbocycles. The summed E-state index contributed by atoms with van der Waals surface area (Å²) in [4.78, 5) is 25.6. The lowest BCUT2D eigenvalue weighted by Gasteiger charge is -2.24. The number of hydrogen-bond acceptors (Lipinski definition) is 5. The van der Waals surface area contributed by atoms with Gasteiger partial charge >= 0.3 is 5.97 Å². The number of aliphatic hydroxyl groups excluding tert-OH is 1. The number of nitrogens with zero attached hydrogens (tertiary/aromatic N) is 1. The number of rotatable bonds is 13. The summed E-state index contributed by atoms with van der Waals surface area (Å²) in [6, 6.07) is 20.0. The maximum Gasteiger partial charge on any atom is 0.345 e. The number of carboxylic acid groups (broad SMARTS) is 1. The van der Waals surface area contributed by atoms with E-state index in [1.54, 1.807) is 23.2 Å². The van der Waals surface area contributed by atoms with Gasteiger partial charge in [0, 0.05) is 17.0 Å². The molecule has 3 N–H and O–H groups in total. The Morgan fingerprint density at radius 3 is 2.35 bits per heavy atom.